The third kappa shape index (κ3) is 2.71. The van der Waals surface area contributed by atoms with Gasteiger partial charge in [-0.05, 0) is 19.1 Å². The lowest BCUT2D eigenvalue weighted by molar-refractivity contribution is -0.124. The maximum absolute atomic E-state index is 12.7. The molecule has 1 aliphatic heterocycles. The van der Waals surface area contributed by atoms with Gasteiger partial charge in [-0.15, -0.1) is 0 Å². The third-order valence-corrected chi connectivity index (χ3v) is 4.30. The smallest absolute Gasteiger partial charge is 0.270 e. The summed E-state index contributed by atoms with van der Waals surface area (Å²) in [7, 11) is 3.43. The number of carbonyl (C=O) groups is 2. The molecule has 1 saturated heterocycles. The Morgan fingerprint density at radius 1 is 1.39 bits per heavy atom. The van der Waals surface area contributed by atoms with Crippen molar-refractivity contribution in [2.24, 2.45) is 13.0 Å². The predicted molar refractivity (Wildman–Crippen MR) is 82.7 cm³/mol. The summed E-state index contributed by atoms with van der Waals surface area (Å²) < 4.78 is 1.78. The lowest BCUT2D eigenvalue weighted by Crippen LogP contribution is -2.34. The molecule has 2 atom stereocenters. The number of nitrogens with one attached hydrogen (secondary N) is 2. The van der Waals surface area contributed by atoms with E-state index in [0.717, 1.165) is 0 Å². The van der Waals surface area contributed by atoms with Crippen LogP contribution in [0, 0.1) is 12.8 Å². The fourth-order valence-corrected chi connectivity index (χ4v) is 3.05. The Morgan fingerprint density at radius 3 is 2.74 bits per heavy atom. The van der Waals surface area contributed by atoms with Crippen molar-refractivity contribution in [1.29, 1.82) is 0 Å². The molecule has 1 aliphatic rings. The zero-order valence-electron chi connectivity index (χ0n) is 13.4. The monoisotopic (exact) mass is 316 g/mol. The summed E-state index contributed by atoms with van der Waals surface area (Å²) in [6, 6.07) is 3.61. The number of hydrogen-bond donors (Lipinski definition) is 2. The van der Waals surface area contributed by atoms with Crippen LogP contribution in [0.4, 0.5) is 0 Å². The number of rotatable bonds is 3. The van der Waals surface area contributed by atoms with Crippen LogP contribution in [-0.2, 0) is 11.8 Å². The van der Waals surface area contributed by atoms with E-state index in [1.165, 1.54) is 0 Å². The number of aryl methyl sites for hydroxylation is 2. The van der Waals surface area contributed by atoms with E-state index in [-0.39, 0.29) is 23.7 Å². The number of aromatic nitrogens is 4. The van der Waals surface area contributed by atoms with Crippen LogP contribution in [0.25, 0.3) is 0 Å². The summed E-state index contributed by atoms with van der Waals surface area (Å²) in [5.41, 5.74) is 0.604. The van der Waals surface area contributed by atoms with E-state index in [1.54, 1.807) is 22.6 Å². The second-order valence-electron chi connectivity index (χ2n) is 5.82. The molecule has 0 aromatic carbocycles. The average Bonchev–Trinajstić information content (AvgIpc) is 3.24. The number of nitrogens with zero attached hydrogens (tertiary/aromatic N) is 4. The van der Waals surface area contributed by atoms with E-state index in [2.05, 4.69) is 20.5 Å². The molecule has 0 bridgehead atoms. The maximum Gasteiger partial charge on any atom is 0.270 e. The Kier molecular flexibility index (Phi) is 3.89. The Hall–Kier alpha value is -2.64. The number of carbonyl (C=O) groups excluding carboxylic acids is 2. The summed E-state index contributed by atoms with van der Waals surface area (Å²) in [6.07, 6.45) is 1.83. The molecule has 2 aromatic rings. The van der Waals surface area contributed by atoms with Crippen LogP contribution < -0.4 is 5.32 Å². The molecule has 0 radical (unpaired) electrons. The van der Waals surface area contributed by atoms with Gasteiger partial charge in [0.25, 0.3) is 5.91 Å². The van der Waals surface area contributed by atoms with Gasteiger partial charge in [0.2, 0.25) is 5.91 Å². The van der Waals surface area contributed by atoms with Crippen molar-refractivity contribution in [2.45, 2.75) is 12.8 Å². The van der Waals surface area contributed by atoms with E-state index >= 15 is 0 Å². The summed E-state index contributed by atoms with van der Waals surface area (Å²) in [5.74, 6) is 0.547. The van der Waals surface area contributed by atoms with Gasteiger partial charge in [0.05, 0.1) is 11.8 Å². The van der Waals surface area contributed by atoms with Crippen LogP contribution >= 0.6 is 0 Å². The van der Waals surface area contributed by atoms with Gasteiger partial charge in [-0.25, -0.2) is 4.98 Å². The highest BCUT2D eigenvalue weighted by atomic mass is 16.2. The van der Waals surface area contributed by atoms with Crippen molar-refractivity contribution in [3.8, 4) is 0 Å². The van der Waals surface area contributed by atoms with Crippen molar-refractivity contribution in [1.82, 2.24) is 30.0 Å². The SMILES string of the molecule is CNC(=O)[C@@H]1CN(C(=O)c2cccn2C)C[C@H]1c1n[nH]c(C)n1. The van der Waals surface area contributed by atoms with Gasteiger partial charge in [-0.2, -0.15) is 5.10 Å². The zero-order valence-corrected chi connectivity index (χ0v) is 13.4. The molecule has 8 heteroatoms. The Morgan fingerprint density at radius 2 is 2.17 bits per heavy atom. The highest BCUT2D eigenvalue weighted by Gasteiger charge is 2.42. The second-order valence-corrected chi connectivity index (χ2v) is 5.82. The first kappa shape index (κ1) is 15.3. The Bertz CT molecular complexity index is 734. The minimum Gasteiger partial charge on any atom is -0.359 e. The Labute approximate surface area is 133 Å². The molecule has 0 unspecified atom stereocenters. The highest BCUT2D eigenvalue weighted by molar-refractivity contribution is 5.94. The first-order valence-electron chi connectivity index (χ1n) is 7.52. The first-order chi connectivity index (χ1) is 11.0. The zero-order chi connectivity index (χ0) is 16.6. The second kappa shape index (κ2) is 5.86. The molecule has 2 amide bonds. The molecule has 23 heavy (non-hydrogen) atoms. The van der Waals surface area contributed by atoms with Gasteiger partial charge >= 0.3 is 0 Å². The van der Waals surface area contributed by atoms with Crippen LogP contribution in [0.2, 0.25) is 0 Å². The molecule has 0 spiro atoms. The van der Waals surface area contributed by atoms with Gasteiger partial charge in [0, 0.05) is 33.4 Å². The molecule has 2 aromatic heterocycles. The maximum atomic E-state index is 12.7. The van der Waals surface area contributed by atoms with E-state index in [0.29, 0.717) is 30.4 Å². The minimum atomic E-state index is -0.348. The van der Waals surface area contributed by atoms with Crippen LogP contribution in [0.5, 0.6) is 0 Å². The molecule has 122 valence electrons. The molecule has 8 nitrogen and oxygen atoms in total. The molecule has 0 aliphatic carbocycles. The van der Waals surface area contributed by atoms with Crippen molar-refractivity contribution in [2.75, 3.05) is 20.1 Å². The number of likely N-dealkylation sites (tertiary alicyclic amines) is 1. The van der Waals surface area contributed by atoms with Crippen LogP contribution in [0.3, 0.4) is 0 Å². The molecule has 3 heterocycles. The molecule has 1 fully saturated rings. The standard InChI is InChI=1S/C15H20N6O2/c1-9-17-13(19-18-9)10-7-21(8-11(10)14(22)16-2)15(23)12-5-4-6-20(12)3/h4-6,10-11H,7-8H2,1-3H3,(H,16,22)(H,17,18,19)/t10-,11-/m1/s1. The number of aromatic amines is 1. The van der Waals surface area contributed by atoms with Crippen LogP contribution in [0.15, 0.2) is 18.3 Å². The fourth-order valence-electron chi connectivity index (χ4n) is 3.05. The minimum absolute atomic E-state index is 0.0823. The van der Waals surface area contributed by atoms with Crippen molar-refractivity contribution < 1.29 is 9.59 Å². The number of hydrogen-bond acceptors (Lipinski definition) is 4. The lowest BCUT2D eigenvalue weighted by Gasteiger charge is -2.16. The molecular formula is C15H20N6O2. The normalized spacial score (nSPS) is 20.7. The van der Waals surface area contributed by atoms with E-state index in [1.807, 2.05) is 26.2 Å². The number of amides is 2. The van der Waals surface area contributed by atoms with Crippen molar-refractivity contribution in [3.63, 3.8) is 0 Å². The predicted octanol–water partition coefficient (Wildman–Crippen LogP) is 0.0534. The largest absolute Gasteiger partial charge is 0.359 e. The van der Waals surface area contributed by atoms with E-state index < -0.39 is 0 Å². The molecular weight excluding hydrogens is 296 g/mol. The quantitative estimate of drug-likeness (QED) is 0.836. The number of H-pyrrole nitrogens is 1. The Balaban J connectivity index is 1.87. The molecule has 0 saturated carbocycles. The summed E-state index contributed by atoms with van der Waals surface area (Å²) >= 11 is 0. The van der Waals surface area contributed by atoms with E-state index in [4.69, 9.17) is 0 Å². The van der Waals surface area contributed by atoms with Crippen molar-refractivity contribution >= 4 is 11.8 Å². The van der Waals surface area contributed by atoms with Gasteiger partial charge in [0.15, 0.2) is 5.82 Å². The summed E-state index contributed by atoms with van der Waals surface area (Å²) in [4.78, 5) is 30.9. The van der Waals surface area contributed by atoms with Gasteiger partial charge in [-0.3, -0.25) is 14.7 Å². The molecule has 2 N–H and O–H groups in total. The summed E-state index contributed by atoms with van der Waals surface area (Å²) in [5, 5.41) is 9.65. The highest BCUT2D eigenvalue weighted by Crippen LogP contribution is 2.31. The average molecular weight is 316 g/mol. The van der Waals surface area contributed by atoms with Gasteiger partial charge < -0.3 is 14.8 Å². The van der Waals surface area contributed by atoms with E-state index in [9.17, 15) is 9.59 Å². The third-order valence-electron chi connectivity index (χ3n) is 4.30. The van der Waals surface area contributed by atoms with Crippen LogP contribution in [0.1, 0.15) is 28.1 Å². The summed E-state index contributed by atoms with van der Waals surface area (Å²) in [6.45, 7) is 2.61. The van der Waals surface area contributed by atoms with Gasteiger partial charge in [-0.1, -0.05) is 0 Å². The topological polar surface area (TPSA) is 95.9 Å². The first-order valence-corrected chi connectivity index (χ1v) is 7.52. The van der Waals surface area contributed by atoms with Crippen molar-refractivity contribution in [3.05, 3.63) is 35.7 Å². The van der Waals surface area contributed by atoms with Gasteiger partial charge in [0.1, 0.15) is 11.5 Å². The molecule has 3 rings (SSSR count). The fraction of sp³-hybridized carbons (Fsp3) is 0.467. The lowest BCUT2D eigenvalue weighted by atomic mass is 9.94. The van der Waals surface area contributed by atoms with Crippen LogP contribution in [-0.4, -0.2) is 56.6 Å².